The van der Waals surface area contributed by atoms with Gasteiger partial charge in [0.05, 0.1) is 16.1 Å². The van der Waals surface area contributed by atoms with E-state index in [2.05, 4.69) is 5.32 Å². The first-order valence-electron chi connectivity index (χ1n) is 11.5. The Morgan fingerprint density at radius 3 is 2.61 bits per heavy atom. The molecule has 1 aliphatic heterocycles. The zero-order valence-electron chi connectivity index (χ0n) is 18.8. The maximum atomic E-state index is 13.4. The van der Waals surface area contributed by atoms with Crippen LogP contribution in [0.5, 0.6) is 0 Å². The highest BCUT2D eigenvalue weighted by Crippen LogP contribution is 2.36. The molecule has 0 radical (unpaired) electrons. The highest BCUT2D eigenvalue weighted by molar-refractivity contribution is 7.92. The Balaban J connectivity index is 1.40. The summed E-state index contributed by atoms with van der Waals surface area (Å²) in [7, 11) is -3.86. The summed E-state index contributed by atoms with van der Waals surface area (Å²) in [6.07, 6.45) is 6.49. The monoisotopic (exact) mass is 470 g/mol. The average molecular weight is 471 g/mol. The average Bonchev–Trinajstić information content (AvgIpc) is 3.18. The molecule has 0 bridgehead atoms. The molecule has 1 aliphatic carbocycles. The van der Waals surface area contributed by atoms with Gasteiger partial charge in [-0.25, -0.2) is 13.2 Å². The minimum atomic E-state index is -3.86. The maximum Gasteiger partial charge on any atom is 0.338 e. The summed E-state index contributed by atoms with van der Waals surface area (Å²) in [6, 6.07) is 13.0. The smallest absolute Gasteiger partial charge is 0.338 e. The Morgan fingerprint density at radius 2 is 1.82 bits per heavy atom. The first-order valence-corrected chi connectivity index (χ1v) is 13.0. The van der Waals surface area contributed by atoms with Crippen LogP contribution in [0.2, 0.25) is 0 Å². The van der Waals surface area contributed by atoms with E-state index in [1.165, 1.54) is 47.8 Å². The highest BCUT2D eigenvalue weighted by Gasteiger charge is 2.36. The van der Waals surface area contributed by atoms with Crippen LogP contribution in [0, 0.1) is 5.92 Å². The number of nitrogens with one attached hydrogen (secondary N) is 1. The van der Waals surface area contributed by atoms with Gasteiger partial charge in [-0.05, 0) is 61.9 Å². The SMILES string of the molecule is CC1Cc2ccccc2N1S(=O)(=O)c1cccc(C(=O)OCC(=O)NCC2CCCCC2)c1. The van der Waals surface area contributed by atoms with E-state index in [0.29, 0.717) is 24.6 Å². The molecule has 1 fully saturated rings. The van der Waals surface area contributed by atoms with Crippen molar-refractivity contribution in [3.8, 4) is 0 Å². The topological polar surface area (TPSA) is 92.8 Å². The number of sulfonamides is 1. The number of carbonyl (C=O) groups is 2. The lowest BCUT2D eigenvalue weighted by Gasteiger charge is -2.24. The molecule has 1 N–H and O–H groups in total. The minimum absolute atomic E-state index is 0.0160. The van der Waals surface area contributed by atoms with Crippen molar-refractivity contribution in [2.24, 2.45) is 5.92 Å². The Labute approximate surface area is 195 Å². The summed E-state index contributed by atoms with van der Waals surface area (Å²) in [6.45, 7) is 2.07. The summed E-state index contributed by atoms with van der Waals surface area (Å²) in [5.74, 6) is -0.590. The van der Waals surface area contributed by atoms with Crippen LogP contribution in [0.3, 0.4) is 0 Å². The minimum Gasteiger partial charge on any atom is -0.452 e. The van der Waals surface area contributed by atoms with Crippen molar-refractivity contribution in [2.45, 2.75) is 56.4 Å². The zero-order valence-corrected chi connectivity index (χ0v) is 19.6. The molecule has 0 saturated heterocycles. The van der Waals surface area contributed by atoms with E-state index in [1.807, 2.05) is 25.1 Å². The fourth-order valence-electron chi connectivity index (χ4n) is 4.72. The van der Waals surface area contributed by atoms with Crippen molar-refractivity contribution in [2.75, 3.05) is 17.5 Å². The number of hydrogen-bond donors (Lipinski definition) is 1. The van der Waals surface area contributed by atoms with E-state index in [1.54, 1.807) is 6.07 Å². The summed E-state index contributed by atoms with van der Waals surface area (Å²) in [4.78, 5) is 24.6. The van der Waals surface area contributed by atoms with Gasteiger partial charge in [0.15, 0.2) is 6.61 Å². The van der Waals surface area contributed by atoms with Crippen LogP contribution in [0.1, 0.15) is 54.9 Å². The fourth-order valence-corrected chi connectivity index (χ4v) is 6.45. The molecule has 2 aromatic carbocycles. The van der Waals surface area contributed by atoms with E-state index < -0.39 is 16.0 Å². The van der Waals surface area contributed by atoms with Crippen molar-refractivity contribution in [1.82, 2.24) is 5.32 Å². The van der Waals surface area contributed by atoms with Gasteiger partial charge < -0.3 is 10.1 Å². The molecular formula is C25H30N2O5S. The van der Waals surface area contributed by atoms with Gasteiger partial charge in [0.2, 0.25) is 0 Å². The predicted molar refractivity (Wildman–Crippen MR) is 126 cm³/mol. The number of esters is 1. The van der Waals surface area contributed by atoms with Gasteiger partial charge in [-0.3, -0.25) is 9.10 Å². The lowest BCUT2D eigenvalue weighted by molar-refractivity contribution is -0.124. The molecule has 1 amide bonds. The zero-order chi connectivity index (χ0) is 23.4. The van der Waals surface area contributed by atoms with Crippen molar-refractivity contribution >= 4 is 27.6 Å². The summed E-state index contributed by atoms with van der Waals surface area (Å²) in [5, 5.41) is 2.83. The van der Waals surface area contributed by atoms with Crippen LogP contribution in [-0.2, 0) is 26.0 Å². The summed E-state index contributed by atoms with van der Waals surface area (Å²) >= 11 is 0. The maximum absolute atomic E-state index is 13.4. The van der Waals surface area contributed by atoms with E-state index in [0.717, 1.165) is 18.4 Å². The number of nitrogens with zero attached hydrogens (tertiary/aromatic N) is 1. The van der Waals surface area contributed by atoms with Gasteiger partial charge >= 0.3 is 5.97 Å². The third-order valence-electron chi connectivity index (χ3n) is 6.42. The number of hydrogen-bond acceptors (Lipinski definition) is 5. The Morgan fingerprint density at radius 1 is 1.06 bits per heavy atom. The van der Waals surface area contributed by atoms with Crippen LogP contribution >= 0.6 is 0 Å². The second-order valence-corrected chi connectivity index (χ2v) is 10.7. The molecule has 1 atom stereocenters. The number of ether oxygens (including phenoxy) is 1. The second-order valence-electron chi connectivity index (χ2n) is 8.89. The standard InChI is InChI=1S/C25H30N2O5S/c1-18-14-20-10-5-6-13-23(20)27(18)33(30,31)22-12-7-11-21(15-22)25(29)32-17-24(28)26-16-19-8-3-2-4-9-19/h5-7,10-13,15,18-19H,2-4,8-9,14,16-17H2,1H3,(H,26,28). The van der Waals surface area contributed by atoms with Crippen LogP contribution in [0.15, 0.2) is 53.4 Å². The molecule has 1 heterocycles. The van der Waals surface area contributed by atoms with Crippen molar-refractivity contribution in [3.63, 3.8) is 0 Å². The largest absolute Gasteiger partial charge is 0.452 e. The van der Waals surface area contributed by atoms with E-state index in [-0.39, 0.29) is 29.0 Å². The molecule has 33 heavy (non-hydrogen) atoms. The normalized spacial score (nSPS) is 18.6. The van der Waals surface area contributed by atoms with Gasteiger partial charge in [-0.15, -0.1) is 0 Å². The quantitative estimate of drug-likeness (QED) is 0.623. The second kappa shape index (κ2) is 9.95. The molecule has 176 valence electrons. The lowest BCUT2D eigenvalue weighted by Crippen LogP contribution is -2.35. The lowest BCUT2D eigenvalue weighted by atomic mass is 9.89. The van der Waals surface area contributed by atoms with Crippen LogP contribution in [0.25, 0.3) is 0 Å². The predicted octanol–water partition coefficient (Wildman–Crippen LogP) is 3.68. The van der Waals surface area contributed by atoms with Gasteiger partial charge in [0.1, 0.15) is 0 Å². The Bertz CT molecular complexity index is 1130. The molecule has 1 saturated carbocycles. The summed E-state index contributed by atoms with van der Waals surface area (Å²) in [5.41, 5.74) is 1.73. The number of benzene rings is 2. The molecule has 2 aliphatic rings. The third-order valence-corrected chi connectivity index (χ3v) is 8.34. The highest BCUT2D eigenvalue weighted by atomic mass is 32.2. The van der Waals surface area contributed by atoms with E-state index >= 15 is 0 Å². The third kappa shape index (κ3) is 5.21. The van der Waals surface area contributed by atoms with Crippen LogP contribution in [-0.4, -0.2) is 39.5 Å². The van der Waals surface area contributed by atoms with Crippen molar-refractivity contribution in [1.29, 1.82) is 0 Å². The first kappa shape index (κ1) is 23.3. The van der Waals surface area contributed by atoms with Gasteiger partial charge in [0.25, 0.3) is 15.9 Å². The number of para-hydroxylation sites is 1. The number of amides is 1. The number of anilines is 1. The van der Waals surface area contributed by atoms with Crippen molar-refractivity contribution < 1.29 is 22.7 Å². The fraction of sp³-hybridized carbons (Fsp3) is 0.440. The molecule has 7 nitrogen and oxygen atoms in total. The molecule has 8 heteroatoms. The van der Waals surface area contributed by atoms with Crippen LogP contribution < -0.4 is 9.62 Å². The molecular weight excluding hydrogens is 440 g/mol. The molecule has 0 spiro atoms. The van der Waals surface area contributed by atoms with E-state index in [4.69, 9.17) is 4.74 Å². The number of carbonyl (C=O) groups excluding carboxylic acids is 2. The molecule has 0 aromatic heterocycles. The molecule has 1 unspecified atom stereocenters. The Kier molecular flexibility index (Phi) is 7.02. The first-order chi connectivity index (χ1) is 15.9. The van der Waals surface area contributed by atoms with Gasteiger partial charge in [-0.2, -0.15) is 0 Å². The Hall–Kier alpha value is -2.87. The summed E-state index contributed by atoms with van der Waals surface area (Å²) < 4.78 is 33.3. The van der Waals surface area contributed by atoms with Gasteiger partial charge in [0, 0.05) is 12.6 Å². The van der Waals surface area contributed by atoms with Gasteiger partial charge in [-0.1, -0.05) is 43.5 Å². The van der Waals surface area contributed by atoms with Crippen LogP contribution in [0.4, 0.5) is 5.69 Å². The number of rotatable bonds is 7. The van der Waals surface area contributed by atoms with E-state index in [9.17, 15) is 18.0 Å². The molecule has 4 rings (SSSR count). The van der Waals surface area contributed by atoms with Crippen molar-refractivity contribution in [3.05, 3.63) is 59.7 Å². The molecule has 2 aromatic rings. The number of fused-ring (bicyclic) bond motifs is 1.